The van der Waals surface area contributed by atoms with Crippen molar-refractivity contribution >= 4 is 35.8 Å². The van der Waals surface area contributed by atoms with E-state index in [-0.39, 0.29) is 23.9 Å². The molecule has 0 saturated carbocycles. The van der Waals surface area contributed by atoms with Crippen molar-refractivity contribution in [2.75, 3.05) is 0 Å². The first kappa shape index (κ1) is 33.4. The van der Waals surface area contributed by atoms with Gasteiger partial charge < -0.3 is 10.2 Å². The first-order valence-corrected chi connectivity index (χ1v) is 12.0. The van der Waals surface area contributed by atoms with Crippen molar-refractivity contribution < 1.29 is 19.8 Å². The Morgan fingerprint density at radius 2 is 0.655 bits per heavy atom. The van der Waals surface area contributed by atoms with Crippen LogP contribution in [0.2, 0.25) is 0 Å². The molecule has 0 aliphatic heterocycles. The van der Waals surface area contributed by atoms with Crippen LogP contribution in [0, 0.1) is 0 Å². The van der Waals surface area contributed by atoms with Crippen molar-refractivity contribution in [2.24, 2.45) is 0 Å². The summed E-state index contributed by atoms with van der Waals surface area (Å²) in [6.45, 7) is 4.46. The number of carbonyl (C=O) groups is 2. The van der Waals surface area contributed by atoms with Crippen molar-refractivity contribution in [1.82, 2.24) is 0 Å². The predicted octanol–water partition coefficient (Wildman–Crippen LogP) is 7.60. The maximum Gasteiger partial charge on any atom is 0.303 e. The summed E-state index contributed by atoms with van der Waals surface area (Å²) in [7, 11) is 0. The van der Waals surface area contributed by atoms with Crippen LogP contribution in [0.4, 0.5) is 0 Å². The molecule has 0 spiro atoms. The molecule has 0 unspecified atom stereocenters. The van der Waals surface area contributed by atoms with Gasteiger partial charge in [-0.2, -0.15) is 0 Å². The molecule has 0 bridgehead atoms. The molecule has 0 heterocycles. The minimum atomic E-state index is -0.659. The van der Waals surface area contributed by atoms with Crippen molar-refractivity contribution in [3.8, 4) is 0 Å². The van der Waals surface area contributed by atoms with Crippen molar-refractivity contribution in [2.45, 2.75) is 142 Å². The van der Waals surface area contributed by atoms with Gasteiger partial charge in [0.15, 0.2) is 0 Å². The second-order valence-electron chi connectivity index (χ2n) is 7.94. The number of carboxylic acid groups (broad SMARTS) is 2. The van der Waals surface area contributed by atoms with Gasteiger partial charge in [0.1, 0.15) is 0 Å². The van der Waals surface area contributed by atoms with Crippen LogP contribution in [-0.4, -0.2) is 46.1 Å². The standard InChI is InChI=1S/2C12H24O2.Sn/c2*1-2-3-4-5-6-7-8-9-10-11-12(13)14;/h2*2-11H2,1H3,(H,13,14);. The van der Waals surface area contributed by atoms with Crippen LogP contribution >= 0.6 is 0 Å². The van der Waals surface area contributed by atoms with E-state index in [0.717, 1.165) is 25.7 Å². The topological polar surface area (TPSA) is 74.6 Å². The molecule has 4 nitrogen and oxygen atoms in total. The first-order valence-electron chi connectivity index (χ1n) is 12.0. The fourth-order valence-corrected chi connectivity index (χ4v) is 3.17. The molecule has 0 aromatic heterocycles. The summed E-state index contributed by atoms with van der Waals surface area (Å²) < 4.78 is 0. The Hall–Kier alpha value is -0.261. The molecule has 0 rings (SSSR count). The van der Waals surface area contributed by atoms with E-state index in [2.05, 4.69) is 13.8 Å². The van der Waals surface area contributed by atoms with E-state index in [0.29, 0.717) is 12.8 Å². The summed E-state index contributed by atoms with van der Waals surface area (Å²) in [4.78, 5) is 20.4. The second-order valence-corrected chi connectivity index (χ2v) is 7.94. The van der Waals surface area contributed by atoms with E-state index in [4.69, 9.17) is 10.2 Å². The third kappa shape index (κ3) is 38.9. The summed E-state index contributed by atoms with van der Waals surface area (Å²) >= 11 is 0. The number of aliphatic carboxylic acids is 2. The predicted molar refractivity (Wildman–Crippen MR) is 125 cm³/mol. The van der Waals surface area contributed by atoms with Crippen LogP contribution in [0.1, 0.15) is 142 Å². The van der Waals surface area contributed by atoms with Crippen LogP contribution in [0.5, 0.6) is 0 Å². The van der Waals surface area contributed by atoms with Gasteiger partial charge in [0, 0.05) is 36.7 Å². The first-order chi connectivity index (χ1) is 13.5. The Kier molecular flexibility index (Phi) is 34.5. The van der Waals surface area contributed by atoms with Gasteiger partial charge in [0.05, 0.1) is 0 Å². The van der Waals surface area contributed by atoms with Gasteiger partial charge in [-0.15, -0.1) is 0 Å². The molecular weight excluding hydrogens is 471 g/mol. The number of carboxylic acids is 2. The molecule has 2 N–H and O–H groups in total. The van der Waals surface area contributed by atoms with Crippen LogP contribution in [0.15, 0.2) is 0 Å². The van der Waals surface area contributed by atoms with Gasteiger partial charge in [0.25, 0.3) is 0 Å². The molecule has 5 heteroatoms. The molecule has 0 aliphatic rings. The summed E-state index contributed by atoms with van der Waals surface area (Å²) in [5.41, 5.74) is 0. The zero-order chi connectivity index (χ0) is 21.3. The molecule has 0 saturated heterocycles. The van der Waals surface area contributed by atoms with Gasteiger partial charge in [-0.3, -0.25) is 9.59 Å². The molecule has 172 valence electrons. The van der Waals surface area contributed by atoms with Crippen LogP contribution in [-0.2, 0) is 9.59 Å². The third-order valence-electron chi connectivity index (χ3n) is 4.99. The molecule has 0 fully saturated rings. The SMILES string of the molecule is CCCCCCCCCCCC(=O)O.CCCCCCCCCCCC(=O)O.[Sn]. The van der Waals surface area contributed by atoms with Crippen LogP contribution in [0.3, 0.4) is 0 Å². The number of unbranched alkanes of at least 4 members (excludes halogenated alkanes) is 16. The normalized spacial score (nSPS) is 10.0. The summed E-state index contributed by atoms with van der Waals surface area (Å²) in [6.07, 6.45) is 23.0. The van der Waals surface area contributed by atoms with Crippen LogP contribution < -0.4 is 0 Å². The molecule has 0 atom stereocenters. The van der Waals surface area contributed by atoms with E-state index < -0.39 is 11.9 Å². The molecule has 0 amide bonds. The molecular formula is C24H48O4Sn. The minimum absolute atomic E-state index is 0. The fraction of sp³-hybridized carbons (Fsp3) is 0.917. The quantitative estimate of drug-likeness (QED) is 0.128. The Bertz CT molecular complexity index is 303. The molecule has 0 aromatic carbocycles. The molecule has 4 radical (unpaired) electrons. The van der Waals surface area contributed by atoms with Gasteiger partial charge in [-0.05, 0) is 12.8 Å². The van der Waals surface area contributed by atoms with E-state index in [1.54, 1.807) is 0 Å². The Balaban J connectivity index is -0.000000451. The fourth-order valence-electron chi connectivity index (χ4n) is 3.17. The summed E-state index contributed by atoms with van der Waals surface area (Å²) in [6, 6.07) is 0. The summed E-state index contributed by atoms with van der Waals surface area (Å²) in [5.74, 6) is -1.32. The number of hydrogen-bond acceptors (Lipinski definition) is 2. The average Bonchev–Trinajstić information content (AvgIpc) is 2.65. The number of rotatable bonds is 20. The monoisotopic (exact) mass is 520 g/mol. The maximum atomic E-state index is 10.2. The third-order valence-corrected chi connectivity index (χ3v) is 4.99. The van der Waals surface area contributed by atoms with Crippen LogP contribution in [0.25, 0.3) is 0 Å². The van der Waals surface area contributed by atoms with E-state index >= 15 is 0 Å². The molecule has 0 aliphatic carbocycles. The Labute approximate surface area is 197 Å². The zero-order valence-corrected chi connectivity index (χ0v) is 22.2. The van der Waals surface area contributed by atoms with Crippen molar-refractivity contribution in [3.05, 3.63) is 0 Å². The molecule has 29 heavy (non-hydrogen) atoms. The smallest absolute Gasteiger partial charge is 0.303 e. The largest absolute Gasteiger partial charge is 0.481 e. The zero-order valence-electron chi connectivity index (χ0n) is 19.4. The Morgan fingerprint density at radius 1 is 0.448 bits per heavy atom. The van der Waals surface area contributed by atoms with Gasteiger partial charge in [0.2, 0.25) is 0 Å². The Morgan fingerprint density at radius 3 is 0.862 bits per heavy atom. The minimum Gasteiger partial charge on any atom is -0.481 e. The summed E-state index contributed by atoms with van der Waals surface area (Å²) in [5, 5.41) is 16.8. The van der Waals surface area contributed by atoms with Gasteiger partial charge in [-0.25, -0.2) is 0 Å². The average molecular weight is 519 g/mol. The van der Waals surface area contributed by atoms with Crippen molar-refractivity contribution in [1.29, 1.82) is 0 Å². The van der Waals surface area contributed by atoms with Crippen molar-refractivity contribution in [3.63, 3.8) is 0 Å². The van der Waals surface area contributed by atoms with Gasteiger partial charge >= 0.3 is 11.9 Å². The number of hydrogen-bond donors (Lipinski definition) is 2. The van der Waals surface area contributed by atoms with E-state index in [1.165, 1.54) is 89.9 Å². The molecule has 0 aromatic rings. The van der Waals surface area contributed by atoms with Gasteiger partial charge in [-0.1, -0.05) is 117 Å². The maximum absolute atomic E-state index is 10.2. The van der Waals surface area contributed by atoms with E-state index in [1.807, 2.05) is 0 Å². The second kappa shape index (κ2) is 29.9. The van der Waals surface area contributed by atoms with E-state index in [9.17, 15) is 9.59 Å².